The summed E-state index contributed by atoms with van der Waals surface area (Å²) in [6.45, 7) is 0. The monoisotopic (exact) mass is 333 g/mol. The van der Waals surface area contributed by atoms with E-state index in [0.29, 0.717) is 6.04 Å². The fraction of sp³-hybridized carbons (Fsp3) is 0.312. The van der Waals surface area contributed by atoms with Crippen LogP contribution in [0, 0.1) is 0 Å². The number of nitrogens with one attached hydrogen (secondary N) is 1. The molecule has 0 unspecified atom stereocenters. The molecule has 1 aliphatic heterocycles. The largest absolute Gasteiger partial charge is 0.349 e. The van der Waals surface area contributed by atoms with Crippen LogP contribution in [-0.4, -0.2) is 23.5 Å². The number of hydrogen-bond donors (Lipinski definition) is 1. The molecular formula is C16H15NOS3. The van der Waals surface area contributed by atoms with Crippen molar-refractivity contribution in [1.82, 2.24) is 5.32 Å². The molecule has 1 aliphatic rings. The van der Waals surface area contributed by atoms with Crippen molar-refractivity contribution in [3.63, 3.8) is 0 Å². The Morgan fingerprint density at radius 3 is 2.76 bits per heavy atom. The number of amides is 1. The number of carbonyl (C=O) groups excluding carboxylic acids is 1. The van der Waals surface area contributed by atoms with Gasteiger partial charge in [-0.2, -0.15) is 11.8 Å². The molecular weight excluding hydrogens is 318 g/mol. The second-order valence-electron chi connectivity index (χ2n) is 5.26. The number of hydrogen-bond acceptors (Lipinski definition) is 4. The second kappa shape index (κ2) is 5.63. The molecule has 4 rings (SSSR count). The van der Waals surface area contributed by atoms with Crippen LogP contribution in [0.5, 0.6) is 0 Å². The number of benzene rings is 1. The molecule has 108 valence electrons. The van der Waals surface area contributed by atoms with E-state index in [1.54, 1.807) is 22.7 Å². The highest BCUT2D eigenvalue weighted by Gasteiger charge is 2.19. The third-order valence-electron chi connectivity index (χ3n) is 3.83. The summed E-state index contributed by atoms with van der Waals surface area (Å²) in [4.78, 5) is 13.3. The van der Waals surface area contributed by atoms with Gasteiger partial charge in [0.15, 0.2) is 0 Å². The summed E-state index contributed by atoms with van der Waals surface area (Å²) in [5, 5.41) is 4.47. The van der Waals surface area contributed by atoms with Gasteiger partial charge in [-0.15, -0.1) is 22.7 Å². The van der Waals surface area contributed by atoms with Crippen molar-refractivity contribution in [3.05, 3.63) is 35.2 Å². The lowest BCUT2D eigenvalue weighted by Crippen LogP contribution is -2.36. The van der Waals surface area contributed by atoms with Gasteiger partial charge in [-0.25, -0.2) is 0 Å². The van der Waals surface area contributed by atoms with Gasteiger partial charge in [0, 0.05) is 20.8 Å². The first-order valence-corrected chi connectivity index (χ1v) is 9.90. The normalized spacial score (nSPS) is 16.6. The molecule has 1 fully saturated rings. The van der Waals surface area contributed by atoms with Crippen molar-refractivity contribution in [2.45, 2.75) is 18.9 Å². The molecule has 2 aromatic heterocycles. The first-order chi connectivity index (χ1) is 10.3. The maximum Gasteiger partial charge on any atom is 0.261 e. The molecule has 0 saturated carbocycles. The number of rotatable bonds is 2. The maximum atomic E-state index is 12.4. The van der Waals surface area contributed by atoms with Crippen molar-refractivity contribution in [3.8, 4) is 0 Å². The van der Waals surface area contributed by atoms with E-state index in [9.17, 15) is 4.79 Å². The van der Waals surface area contributed by atoms with E-state index in [1.165, 1.54) is 19.5 Å². The molecule has 1 aromatic carbocycles. The highest BCUT2D eigenvalue weighted by atomic mass is 32.2. The zero-order chi connectivity index (χ0) is 14.2. The van der Waals surface area contributed by atoms with Crippen LogP contribution in [-0.2, 0) is 0 Å². The predicted molar refractivity (Wildman–Crippen MR) is 95.0 cm³/mol. The standard InChI is InChI=1S/C16H15NOS3/c18-16(17-10-5-7-19-8-6-10)14-9-13-15(21-14)11-3-1-2-4-12(11)20-13/h1-4,9-10H,5-8H2,(H,17,18). The summed E-state index contributed by atoms with van der Waals surface area (Å²) in [5.74, 6) is 2.42. The van der Waals surface area contributed by atoms with Gasteiger partial charge in [-0.1, -0.05) is 18.2 Å². The lowest BCUT2D eigenvalue weighted by molar-refractivity contribution is 0.0939. The Hall–Kier alpha value is -1.04. The van der Waals surface area contributed by atoms with Crippen LogP contribution in [0.25, 0.3) is 19.5 Å². The van der Waals surface area contributed by atoms with Gasteiger partial charge in [0.2, 0.25) is 0 Å². The SMILES string of the molecule is O=C(NC1CCSCC1)c1cc2sc3ccccc3c2s1. The Balaban J connectivity index is 1.62. The van der Waals surface area contributed by atoms with Crippen LogP contribution in [0.3, 0.4) is 0 Å². The Bertz CT molecular complexity index is 798. The van der Waals surface area contributed by atoms with Crippen molar-refractivity contribution in [2.75, 3.05) is 11.5 Å². The quantitative estimate of drug-likeness (QED) is 0.734. The Morgan fingerprint density at radius 1 is 1.10 bits per heavy atom. The lowest BCUT2D eigenvalue weighted by Gasteiger charge is -2.22. The van der Waals surface area contributed by atoms with E-state index in [-0.39, 0.29) is 5.91 Å². The molecule has 5 heteroatoms. The Kier molecular flexibility index (Phi) is 3.65. The second-order valence-corrected chi connectivity index (χ2v) is 8.62. The fourth-order valence-corrected chi connectivity index (χ4v) is 6.24. The Labute approximate surface area is 135 Å². The molecule has 1 amide bonds. The summed E-state index contributed by atoms with van der Waals surface area (Å²) in [6, 6.07) is 10.8. The van der Waals surface area contributed by atoms with Crippen molar-refractivity contribution in [2.24, 2.45) is 0 Å². The Morgan fingerprint density at radius 2 is 1.90 bits per heavy atom. The average Bonchev–Trinajstić information content (AvgIpc) is 3.06. The van der Waals surface area contributed by atoms with E-state index in [4.69, 9.17) is 0 Å². The van der Waals surface area contributed by atoms with Gasteiger partial charge in [0.1, 0.15) is 0 Å². The maximum absolute atomic E-state index is 12.4. The summed E-state index contributed by atoms with van der Waals surface area (Å²) in [7, 11) is 0. The van der Waals surface area contributed by atoms with E-state index in [1.807, 2.05) is 11.8 Å². The van der Waals surface area contributed by atoms with Crippen LogP contribution < -0.4 is 5.32 Å². The highest BCUT2D eigenvalue weighted by molar-refractivity contribution is 7.99. The molecule has 0 spiro atoms. The predicted octanol–water partition coefficient (Wildman–Crippen LogP) is 4.74. The van der Waals surface area contributed by atoms with Crippen molar-refractivity contribution >= 4 is 59.8 Å². The number of fused-ring (bicyclic) bond motifs is 3. The lowest BCUT2D eigenvalue weighted by atomic mass is 10.1. The minimum absolute atomic E-state index is 0.101. The zero-order valence-corrected chi connectivity index (χ0v) is 13.9. The van der Waals surface area contributed by atoms with Crippen LogP contribution in [0.2, 0.25) is 0 Å². The van der Waals surface area contributed by atoms with E-state index >= 15 is 0 Å². The van der Waals surface area contributed by atoms with Crippen molar-refractivity contribution in [1.29, 1.82) is 0 Å². The van der Waals surface area contributed by atoms with Crippen molar-refractivity contribution < 1.29 is 4.79 Å². The molecule has 2 nitrogen and oxygen atoms in total. The smallest absolute Gasteiger partial charge is 0.261 e. The zero-order valence-electron chi connectivity index (χ0n) is 11.4. The van der Waals surface area contributed by atoms with E-state index in [0.717, 1.165) is 29.2 Å². The molecule has 3 heterocycles. The molecule has 1 N–H and O–H groups in total. The molecule has 21 heavy (non-hydrogen) atoms. The van der Waals surface area contributed by atoms with E-state index < -0.39 is 0 Å². The third-order valence-corrected chi connectivity index (χ3v) is 7.29. The summed E-state index contributed by atoms with van der Waals surface area (Å²) < 4.78 is 3.78. The minimum atomic E-state index is 0.101. The van der Waals surface area contributed by atoms with E-state index in [2.05, 4.69) is 35.6 Å². The fourth-order valence-electron chi connectivity index (χ4n) is 2.71. The average molecular weight is 334 g/mol. The highest BCUT2D eigenvalue weighted by Crippen LogP contribution is 2.39. The van der Waals surface area contributed by atoms with Gasteiger partial charge in [0.25, 0.3) is 5.91 Å². The summed E-state index contributed by atoms with van der Waals surface area (Å²) in [6.07, 6.45) is 2.19. The molecule has 0 bridgehead atoms. The van der Waals surface area contributed by atoms with Crippen LogP contribution >= 0.6 is 34.4 Å². The van der Waals surface area contributed by atoms with Gasteiger partial charge >= 0.3 is 0 Å². The van der Waals surface area contributed by atoms with Crippen LogP contribution in [0.1, 0.15) is 22.5 Å². The summed E-state index contributed by atoms with van der Waals surface area (Å²) in [5.41, 5.74) is 0. The molecule has 1 saturated heterocycles. The molecule has 0 atom stereocenters. The third kappa shape index (κ3) is 2.58. The number of thiophene rings is 2. The topological polar surface area (TPSA) is 29.1 Å². The molecule has 0 aliphatic carbocycles. The van der Waals surface area contributed by atoms with Crippen LogP contribution in [0.15, 0.2) is 30.3 Å². The first kappa shape index (κ1) is 13.6. The van der Waals surface area contributed by atoms with Crippen LogP contribution in [0.4, 0.5) is 0 Å². The molecule has 0 radical (unpaired) electrons. The molecule has 3 aromatic rings. The summed E-state index contributed by atoms with van der Waals surface area (Å²) >= 11 is 5.38. The van der Waals surface area contributed by atoms with Gasteiger partial charge in [-0.05, 0) is 36.5 Å². The number of thioether (sulfide) groups is 1. The minimum Gasteiger partial charge on any atom is -0.349 e. The number of carbonyl (C=O) groups is 1. The van der Waals surface area contributed by atoms with Gasteiger partial charge < -0.3 is 5.32 Å². The van der Waals surface area contributed by atoms with Gasteiger partial charge in [-0.3, -0.25) is 4.79 Å². The first-order valence-electron chi connectivity index (χ1n) is 7.11. The van der Waals surface area contributed by atoms with Gasteiger partial charge in [0.05, 0.1) is 9.58 Å².